The Morgan fingerprint density at radius 2 is 1.63 bits per heavy atom. The van der Waals surface area contributed by atoms with Crippen LogP contribution in [0, 0.1) is 6.92 Å². The summed E-state index contributed by atoms with van der Waals surface area (Å²) in [6, 6.07) is 11.9. The number of aromatic nitrogens is 2. The molecule has 0 aliphatic rings. The van der Waals surface area contributed by atoms with Crippen molar-refractivity contribution >= 4 is 21.8 Å². The second-order valence-electron chi connectivity index (χ2n) is 4.58. The van der Waals surface area contributed by atoms with E-state index in [1.165, 1.54) is 0 Å². The van der Waals surface area contributed by atoms with E-state index >= 15 is 0 Å². The molecule has 4 nitrogen and oxygen atoms in total. The molecule has 0 amide bonds. The molecule has 1 aromatic heterocycles. The highest BCUT2D eigenvalue weighted by atomic mass is 16.3. The second kappa shape index (κ2) is 4.57. The van der Waals surface area contributed by atoms with E-state index in [2.05, 4.69) is 9.97 Å². The van der Waals surface area contributed by atoms with Crippen LogP contribution in [0.5, 0.6) is 0 Å². The maximum Gasteiger partial charge on any atom is 0.121 e. The number of aliphatic hydroxyl groups excluding tert-OH is 2. The molecule has 4 heteroatoms. The van der Waals surface area contributed by atoms with Gasteiger partial charge in [-0.2, -0.15) is 0 Å². The Morgan fingerprint density at radius 3 is 2.21 bits per heavy atom. The Balaban J connectivity index is 2.29. The van der Waals surface area contributed by atoms with Crippen LogP contribution in [-0.2, 0) is 0 Å². The summed E-state index contributed by atoms with van der Waals surface area (Å²) in [5.74, 6) is 0. The Hall–Kier alpha value is -2.04. The third kappa shape index (κ3) is 2.05. The summed E-state index contributed by atoms with van der Waals surface area (Å²) >= 11 is 0. The van der Waals surface area contributed by atoms with Gasteiger partial charge in [0.2, 0.25) is 0 Å². The molecule has 0 aliphatic carbocycles. The molecule has 0 bridgehead atoms. The number of aliphatic hydroxyl groups is 2. The van der Waals surface area contributed by atoms with Gasteiger partial charge in [-0.1, -0.05) is 24.3 Å². The Labute approximate surface area is 110 Å². The van der Waals surface area contributed by atoms with Gasteiger partial charge in [0, 0.05) is 0 Å². The topological polar surface area (TPSA) is 66.2 Å². The van der Waals surface area contributed by atoms with Crippen LogP contribution in [-0.4, -0.2) is 26.8 Å². The summed E-state index contributed by atoms with van der Waals surface area (Å²) in [7, 11) is 0. The van der Waals surface area contributed by atoms with E-state index in [4.69, 9.17) is 5.11 Å². The number of hydrogen-bond donors (Lipinski definition) is 2. The van der Waals surface area contributed by atoms with Crippen molar-refractivity contribution in [2.45, 2.75) is 13.0 Å². The highest BCUT2D eigenvalue weighted by Gasteiger charge is 2.13. The second-order valence-corrected chi connectivity index (χ2v) is 4.58. The van der Waals surface area contributed by atoms with Crippen molar-refractivity contribution in [1.29, 1.82) is 0 Å². The molecule has 0 spiro atoms. The summed E-state index contributed by atoms with van der Waals surface area (Å²) < 4.78 is 0. The fourth-order valence-electron chi connectivity index (χ4n) is 2.25. The first kappa shape index (κ1) is 12.0. The van der Waals surface area contributed by atoms with Crippen molar-refractivity contribution in [3.63, 3.8) is 0 Å². The van der Waals surface area contributed by atoms with Crippen molar-refractivity contribution < 1.29 is 10.2 Å². The van der Waals surface area contributed by atoms with Crippen LogP contribution in [0.2, 0.25) is 0 Å². The molecule has 1 unspecified atom stereocenters. The van der Waals surface area contributed by atoms with Gasteiger partial charge in [0.05, 0.1) is 29.0 Å². The molecule has 2 aromatic carbocycles. The van der Waals surface area contributed by atoms with Crippen molar-refractivity contribution in [2.24, 2.45) is 0 Å². The third-order valence-electron chi connectivity index (χ3n) is 3.23. The molecule has 0 radical (unpaired) electrons. The van der Waals surface area contributed by atoms with E-state index in [9.17, 15) is 5.11 Å². The van der Waals surface area contributed by atoms with Gasteiger partial charge < -0.3 is 10.2 Å². The van der Waals surface area contributed by atoms with Gasteiger partial charge in [0.15, 0.2) is 0 Å². The molecule has 1 heterocycles. The normalized spacial score (nSPS) is 13.0. The predicted molar refractivity (Wildman–Crippen MR) is 73.8 cm³/mol. The summed E-state index contributed by atoms with van der Waals surface area (Å²) in [5, 5.41) is 21.0. The molecule has 1 atom stereocenters. The summed E-state index contributed by atoms with van der Waals surface area (Å²) in [4.78, 5) is 8.88. The first-order chi connectivity index (χ1) is 9.19. The minimum absolute atomic E-state index is 0.353. The van der Waals surface area contributed by atoms with Gasteiger partial charge in [-0.3, -0.25) is 0 Å². The molecule has 3 aromatic rings. The molecule has 19 heavy (non-hydrogen) atoms. The molecular weight excluding hydrogens is 240 g/mol. The van der Waals surface area contributed by atoms with Crippen LogP contribution in [0.1, 0.15) is 17.5 Å². The molecule has 0 saturated carbocycles. The average molecular weight is 254 g/mol. The van der Waals surface area contributed by atoms with E-state index in [-0.39, 0.29) is 6.61 Å². The van der Waals surface area contributed by atoms with E-state index in [0.29, 0.717) is 11.4 Å². The zero-order valence-corrected chi connectivity index (χ0v) is 10.5. The molecule has 3 rings (SSSR count). The molecule has 2 N–H and O–H groups in total. The van der Waals surface area contributed by atoms with E-state index in [0.717, 1.165) is 21.8 Å². The first-order valence-electron chi connectivity index (χ1n) is 6.15. The van der Waals surface area contributed by atoms with Crippen molar-refractivity contribution in [3.8, 4) is 0 Å². The van der Waals surface area contributed by atoms with Gasteiger partial charge in [-0.05, 0) is 29.8 Å². The van der Waals surface area contributed by atoms with Gasteiger partial charge in [-0.25, -0.2) is 9.97 Å². The maximum atomic E-state index is 9.73. The van der Waals surface area contributed by atoms with Crippen LogP contribution in [0.4, 0.5) is 0 Å². The fourth-order valence-corrected chi connectivity index (χ4v) is 2.25. The first-order valence-corrected chi connectivity index (χ1v) is 6.15. The predicted octanol–water partition coefficient (Wildman–Crippen LogP) is 2.12. The minimum atomic E-state index is -0.983. The number of nitrogens with zero attached hydrogens (tertiary/aromatic N) is 2. The maximum absolute atomic E-state index is 9.73. The smallest absolute Gasteiger partial charge is 0.121 e. The molecule has 0 fully saturated rings. The van der Waals surface area contributed by atoms with Crippen LogP contribution in [0.25, 0.3) is 21.8 Å². The average Bonchev–Trinajstić information content (AvgIpc) is 2.43. The monoisotopic (exact) mass is 254 g/mol. The SMILES string of the molecule is Cc1nc2cc3ccccc3cc2nc1C(O)CO. The minimum Gasteiger partial charge on any atom is -0.393 e. The quantitative estimate of drug-likeness (QED) is 0.687. The van der Waals surface area contributed by atoms with Gasteiger partial charge in [0.25, 0.3) is 0 Å². The highest BCUT2D eigenvalue weighted by Crippen LogP contribution is 2.23. The Bertz CT molecular complexity index is 756. The van der Waals surface area contributed by atoms with E-state index in [1.807, 2.05) is 36.4 Å². The van der Waals surface area contributed by atoms with Gasteiger partial charge in [-0.15, -0.1) is 0 Å². The summed E-state index contributed by atoms with van der Waals surface area (Å²) in [5.41, 5.74) is 2.60. The van der Waals surface area contributed by atoms with Crippen LogP contribution in [0.15, 0.2) is 36.4 Å². The molecular formula is C15H14N2O2. The number of fused-ring (bicyclic) bond motifs is 2. The zero-order valence-electron chi connectivity index (χ0n) is 10.5. The van der Waals surface area contributed by atoms with Crippen LogP contribution >= 0.6 is 0 Å². The lowest BCUT2D eigenvalue weighted by atomic mass is 10.1. The molecule has 0 saturated heterocycles. The van der Waals surface area contributed by atoms with Crippen LogP contribution < -0.4 is 0 Å². The van der Waals surface area contributed by atoms with Gasteiger partial charge in [0.1, 0.15) is 6.10 Å². The lowest BCUT2D eigenvalue weighted by molar-refractivity contribution is 0.0916. The van der Waals surface area contributed by atoms with Gasteiger partial charge >= 0.3 is 0 Å². The largest absolute Gasteiger partial charge is 0.393 e. The standard InChI is InChI=1S/C15H14N2O2/c1-9-15(14(19)8-18)17-13-7-11-5-3-2-4-10(11)6-12(13)16-9/h2-7,14,18-19H,8H2,1H3. The fraction of sp³-hybridized carbons (Fsp3) is 0.200. The van der Waals surface area contributed by atoms with E-state index < -0.39 is 6.10 Å². The van der Waals surface area contributed by atoms with Crippen molar-refractivity contribution in [1.82, 2.24) is 9.97 Å². The highest BCUT2D eigenvalue weighted by molar-refractivity contribution is 5.94. The molecule has 96 valence electrons. The number of benzene rings is 2. The third-order valence-corrected chi connectivity index (χ3v) is 3.23. The number of hydrogen-bond acceptors (Lipinski definition) is 4. The number of rotatable bonds is 2. The lowest BCUT2D eigenvalue weighted by Crippen LogP contribution is -2.09. The van der Waals surface area contributed by atoms with Crippen molar-refractivity contribution in [3.05, 3.63) is 47.8 Å². The van der Waals surface area contributed by atoms with E-state index in [1.54, 1.807) is 6.92 Å². The zero-order chi connectivity index (χ0) is 13.4. The Morgan fingerprint density at radius 1 is 1.05 bits per heavy atom. The Kier molecular flexibility index (Phi) is 2.89. The lowest BCUT2D eigenvalue weighted by Gasteiger charge is -2.11. The van der Waals surface area contributed by atoms with Crippen molar-refractivity contribution in [2.75, 3.05) is 6.61 Å². The summed E-state index contributed by atoms with van der Waals surface area (Å²) in [6.45, 7) is 1.43. The number of aryl methyl sites for hydroxylation is 1. The molecule has 0 aliphatic heterocycles. The summed E-state index contributed by atoms with van der Waals surface area (Å²) in [6.07, 6.45) is -0.983. The van der Waals surface area contributed by atoms with Crippen LogP contribution in [0.3, 0.4) is 0 Å².